The van der Waals surface area contributed by atoms with E-state index in [0.29, 0.717) is 6.54 Å². The van der Waals surface area contributed by atoms with E-state index in [4.69, 9.17) is 0 Å². The van der Waals surface area contributed by atoms with Crippen LogP contribution in [-0.4, -0.2) is 59.2 Å². The Morgan fingerprint density at radius 2 is 2.07 bits per heavy atom. The molecule has 1 aromatic heterocycles. The molecule has 1 amide bonds. The highest BCUT2D eigenvalue weighted by Crippen LogP contribution is 2.47. The third-order valence-electron chi connectivity index (χ3n) is 6.71. The number of nitrogens with zero attached hydrogens (tertiary/aromatic N) is 3. The zero-order valence-electron chi connectivity index (χ0n) is 16.4. The van der Waals surface area contributed by atoms with Crippen molar-refractivity contribution in [1.29, 1.82) is 0 Å². The fourth-order valence-electron chi connectivity index (χ4n) is 5.30. The Labute approximate surface area is 160 Å². The molecule has 2 aliphatic heterocycles. The van der Waals surface area contributed by atoms with Crippen LogP contribution in [0.25, 0.3) is 5.57 Å². The number of pyridine rings is 1. The molecule has 146 valence electrons. The quantitative estimate of drug-likeness (QED) is 0.874. The Morgan fingerprint density at radius 3 is 2.70 bits per heavy atom. The van der Waals surface area contributed by atoms with Crippen LogP contribution in [0.2, 0.25) is 0 Å². The van der Waals surface area contributed by atoms with Crippen molar-refractivity contribution in [3.63, 3.8) is 0 Å². The first kappa shape index (κ1) is 18.4. The fraction of sp³-hybridized carbons (Fsp3) is 0.619. The van der Waals surface area contributed by atoms with Crippen LogP contribution in [0.5, 0.6) is 0 Å². The van der Waals surface area contributed by atoms with E-state index in [1.165, 1.54) is 6.42 Å². The highest BCUT2D eigenvalue weighted by atomic mass is 16.3. The molecule has 0 aromatic carbocycles. The number of aliphatic hydroxyl groups is 1. The second-order valence-electron chi connectivity index (χ2n) is 8.35. The smallest absolute Gasteiger partial charge is 0.258 e. The molecule has 1 aliphatic carbocycles. The van der Waals surface area contributed by atoms with E-state index in [1.807, 2.05) is 23.7 Å². The maximum Gasteiger partial charge on any atom is 0.258 e. The van der Waals surface area contributed by atoms with E-state index >= 15 is 0 Å². The number of hydrogen-bond acceptors (Lipinski definition) is 4. The molecule has 3 aliphatic rings. The van der Waals surface area contributed by atoms with E-state index in [2.05, 4.69) is 11.0 Å². The van der Waals surface area contributed by atoms with Crippen molar-refractivity contribution in [2.75, 3.05) is 27.7 Å². The lowest BCUT2D eigenvalue weighted by atomic mass is 9.86. The number of fused-ring (bicyclic) bond motifs is 4. The molecule has 4 atom stereocenters. The average Bonchev–Trinajstić information content (AvgIpc) is 2.84. The minimum atomic E-state index is -0.326. The van der Waals surface area contributed by atoms with Crippen LogP contribution in [0.1, 0.15) is 43.0 Å². The van der Waals surface area contributed by atoms with Gasteiger partial charge in [0.05, 0.1) is 12.0 Å². The molecule has 4 rings (SSSR count). The van der Waals surface area contributed by atoms with Gasteiger partial charge in [-0.05, 0) is 50.4 Å². The van der Waals surface area contributed by atoms with Crippen LogP contribution in [0, 0.1) is 11.8 Å². The van der Waals surface area contributed by atoms with E-state index in [9.17, 15) is 14.7 Å². The minimum absolute atomic E-state index is 0.00492. The summed E-state index contributed by atoms with van der Waals surface area (Å²) in [4.78, 5) is 30.0. The molecule has 1 saturated heterocycles. The van der Waals surface area contributed by atoms with Crippen LogP contribution >= 0.6 is 0 Å². The van der Waals surface area contributed by atoms with Crippen LogP contribution in [0.15, 0.2) is 23.0 Å². The van der Waals surface area contributed by atoms with Gasteiger partial charge in [-0.2, -0.15) is 0 Å². The third kappa shape index (κ3) is 2.77. The lowest BCUT2D eigenvalue weighted by molar-refractivity contribution is -0.135. The summed E-state index contributed by atoms with van der Waals surface area (Å²) in [6.45, 7) is 0.487. The fourth-order valence-corrected chi connectivity index (χ4v) is 5.30. The molecule has 6 nitrogen and oxygen atoms in total. The van der Waals surface area contributed by atoms with Gasteiger partial charge in [0.2, 0.25) is 5.91 Å². The number of likely N-dealkylation sites (N-methyl/N-ethyl adjacent to an activating group) is 1. The Hall–Kier alpha value is -1.92. The van der Waals surface area contributed by atoms with Gasteiger partial charge in [0.1, 0.15) is 0 Å². The number of carbonyl (C=O) groups excluding carboxylic acids is 1. The highest BCUT2D eigenvalue weighted by molar-refractivity contribution is 5.80. The first-order valence-electron chi connectivity index (χ1n) is 9.92. The summed E-state index contributed by atoms with van der Waals surface area (Å²) in [5, 5.41) is 10.0. The summed E-state index contributed by atoms with van der Waals surface area (Å²) >= 11 is 0. The van der Waals surface area contributed by atoms with Crippen molar-refractivity contribution in [2.45, 2.75) is 44.3 Å². The van der Waals surface area contributed by atoms with Gasteiger partial charge in [0.15, 0.2) is 0 Å². The van der Waals surface area contributed by atoms with Crippen molar-refractivity contribution in [1.82, 2.24) is 14.4 Å². The largest absolute Gasteiger partial charge is 0.396 e. The van der Waals surface area contributed by atoms with Crippen molar-refractivity contribution in [3.05, 3.63) is 39.8 Å². The van der Waals surface area contributed by atoms with Gasteiger partial charge in [0.25, 0.3) is 5.56 Å². The Bertz CT molecular complexity index is 842. The molecule has 0 radical (unpaired) electrons. The molecule has 0 spiro atoms. The van der Waals surface area contributed by atoms with Crippen molar-refractivity contribution >= 4 is 11.5 Å². The van der Waals surface area contributed by atoms with E-state index in [1.54, 1.807) is 19.0 Å². The average molecular weight is 371 g/mol. The minimum Gasteiger partial charge on any atom is -0.396 e. The summed E-state index contributed by atoms with van der Waals surface area (Å²) in [5.74, 6) is -0.465. The van der Waals surface area contributed by atoms with Crippen LogP contribution < -0.4 is 5.56 Å². The molecule has 1 aromatic rings. The molecule has 6 heteroatoms. The molecule has 1 fully saturated rings. The van der Waals surface area contributed by atoms with Crippen LogP contribution in [-0.2, 0) is 11.3 Å². The lowest BCUT2D eigenvalue weighted by Gasteiger charge is -2.35. The molecule has 0 unspecified atom stereocenters. The standard InChI is InChI=1S/C21H29N3O3/c1-22(2)21(27)18-15(12-25)17-11-24-16(19(18)23(17)3)10-9-14(20(24)26)13-7-5-4-6-8-13/h7,9-10,15,17-19,25H,4-6,8,11-12H2,1-3H3/t15-,17-,18+,19+/m1/s1. The van der Waals surface area contributed by atoms with Crippen LogP contribution in [0.3, 0.4) is 0 Å². The van der Waals surface area contributed by atoms with Crippen molar-refractivity contribution in [3.8, 4) is 0 Å². The number of amides is 1. The second kappa shape index (κ2) is 6.91. The Balaban J connectivity index is 1.81. The van der Waals surface area contributed by atoms with Crippen LogP contribution in [0.4, 0.5) is 0 Å². The van der Waals surface area contributed by atoms with E-state index < -0.39 is 0 Å². The first-order chi connectivity index (χ1) is 13.0. The third-order valence-corrected chi connectivity index (χ3v) is 6.71. The van der Waals surface area contributed by atoms with Crippen molar-refractivity contribution < 1.29 is 9.90 Å². The Morgan fingerprint density at radius 1 is 1.30 bits per heavy atom. The van der Waals surface area contributed by atoms with Gasteiger partial charge in [-0.1, -0.05) is 6.08 Å². The highest BCUT2D eigenvalue weighted by Gasteiger charge is 2.54. The summed E-state index contributed by atoms with van der Waals surface area (Å²) in [6, 6.07) is 3.80. The predicted octanol–water partition coefficient (Wildman–Crippen LogP) is 1.49. The molecular formula is C21H29N3O3. The van der Waals surface area contributed by atoms with Gasteiger partial charge in [-0.25, -0.2) is 0 Å². The van der Waals surface area contributed by atoms with Gasteiger partial charge in [-0.3, -0.25) is 14.5 Å². The summed E-state index contributed by atoms with van der Waals surface area (Å²) < 4.78 is 1.87. The van der Waals surface area contributed by atoms with E-state index in [-0.39, 0.29) is 42.0 Å². The molecule has 2 bridgehead atoms. The zero-order chi connectivity index (χ0) is 19.3. The number of aliphatic hydroxyl groups excluding tert-OH is 1. The van der Waals surface area contributed by atoms with Gasteiger partial charge in [-0.15, -0.1) is 0 Å². The summed E-state index contributed by atoms with van der Waals surface area (Å²) in [7, 11) is 5.52. The Kier molecular flexibility index (Phi) is 4.72. The number of allylic oxidation sites excluding steroid dienone is 2. The normalized spacial score (nSPS) is 30.0. The molecule has 27 heavy (non-hydrogen) atoms. The molecule has 1 N–H and O–H groups in total. The number of aromatic nitrogens is 1. The van der Waals surface area contributed by atoms with Crippen molar-refractivity contribution in [2.24, 2.45) is 11.8 Å². The van der Waals surface area contributed by atoms with Gasteiger partial charge >= 0.3 is 0 Å². The monoisotopic (exact) mass is 371 g/mol. The predicted molar refractivity (Wildman–Crippen MR) is 104 cm³/mol. The molecular weight excluding hydrogens is 342 g/mol. The number of carbonyl (C=O) groups is 1. The number of rotatable bonds is 3. The summed E-state index contributed by atoms with van der Waals surface area (Å²) in [6.07, 6.45) is 6.52. The van der Waals surface area contributed by atoms with E-state index in [0.717, 1.165) is 36.1 Å². The number of hydrogen-bond donors (Lipinski definition) is 1. The molecule has 0 saturated carbocycles. The maximum atomic E-state index is 13.3. The maximum absolute atomic E-state index is 13.3. The SMILES string of the molecule is CN(C)C(=O)[C@H]1[C@H](CO)[C@H]2Cn3c(ccc(C4=CCCCC4)c3=O)[C@@H]1N2C. The van der Waals surface area contributed by atoms with Gasteiger partial charge in [0, 0.05) is 50.5 Å². The van der Waals surface area contributed by atoms with Gasteiger partial charge < -0.3 is 14.6 Å². The summed E-state index contributed by atoms with van der Waals surface area (Å²) in [5.41, 5.74) is 2.92. The zero-order valence-corrected chi connectivity index (χ0v) is 16.4. The lowest BCUT2D eigenvalue weighted by Crippen LogP contribution is -2.45. The topological polar surface area (TPSA) is 65.8 Å². The first-order valence-corrected chi connectivity index (χ1v) is 9.92. The second-order valence-corrected chi connectivity index (χ2v) is 8.35. The molecule has 3 heterocycles.